The Morgan fingerprint density at radius 3 is 2.27 bits per heavy atom. The molecule has 0 N–H and O–H groups in total. The molecule has 0 saturated carbocycles. The zero-order chi connectivity index (χ0) is 8.27. The van der Waals surface area contributed by atoms with Crippen molar-refractivity contribution in [1.82, 2.24) is 4.90 Å². The number of rotatable bonds is 2. The van der Waals surface area contributed by atoms with Crippen molar-refractivity contribution in [3.05, 3.63) is 10.8 Å². The first-order valence-electron chi connectivity index (χ1n) is 4.55. The molecule has 0 unspecified atom stereocenters. The predicted molar refractivity (Wildman–Crippen MR) is 54.0 cm³/mol. The van der Waals surface area contributed by atoms with E-state index in [1.165, 1.54) is 42.7 Å². The van der Waals surface area contributed by atoms with Crippen LogP contribution in [0.5, 0.6) is 0 Å². The molecule has 1 fully saturated rings. The summed E-state index contributed by atoms with van der Waals surface area (Å²) in [6.07, 6.45) is 2.82. The van der Waals surface area contributed by atoms with E-state index in [1.807, 2.05) is 0 Å². The monoisotopic (exact) mass is 169 g/mol. The molecule has 2 heteroatoms. The van der Waals surface area contributed by atoms with Gasteiger partial charge in [-0.2, -0.15) is 0 Å². The summed E-state index contributed by atoms with van der Waals surface area (Å²) >= 11 is 0. The van der Waals surface area contributed by atoms with Crippen LogP contribution < -0.4 is 0 Å². The van der Waals surface area contributed by atoms with E-state index < -0.39 is 0 Å². The Morgan fingerprint density at radius 2 is 1.82 bits per heavy atom. The average molecular weight is 169 g/mol. The highest BCUT2D eigenvalue weighted by molar-refractivity contribution is 6.21. The van der Waals surface area contributed by atoms with Crippen molar-refractivity contribution in [3.8, 4) is 0 Å². The van der Waals surface area contributed by atoms with Gasteiger partial charge in [0.15, 0.2) is 0 Å². The van der Waals surface area contributed by atoms with Gasteiger partial charge >= 0.3 is 0 Å². The van der Waals surface area contributed by atoms with Crippen molar-refractivity contribution in [2.24, 2.45) is 0 Å². The van der Waals surface area contributed by atoms with Crippen molar-refractivity contribution < 1.29 is 0 Å². The normalized spacial score (nSPS) is 22.4. The van der Waals surface area contributed by atoms with E-state index in [2.05, 4.69) is 18.7 Å². The first kappa shape index (κ1) is 9.01. The highest BCUT2D eigenvalue weighted by atomic mass is 28.1. The number of hydrogen-bond donors (Lipinski definition) is 0. The van der Waals surface area contributed by atoms with Gasteiger partial charge < -0.3 is 0 Å². The fourth-order valence-corrected chi connectivity index (χ4v) is 1.59. The molecule has 1 saturated heterocycles. The van der Waals surface area contributed by atoms with Gasteiger partial charge in [-0.25, -0.2) is 0 Å². The largest absolute Gasteiger partial charge is 0.299 e. The molecule has 0 aromatic carbocycles. The van der Waals surface area contributed by atoms with E-state index >= 15 is 0 Å². The maximum Gasteiger partial charge on any atom is 0.0329 e. The summed E-state index contributed by atoms with van der Waals surface area (Å²) in [5.41, 5.74) is 1.61. The molecule has 1 rings (SSSR count). The Labute approximate surface area is 72.9 Å². The van der Waals surface area contributed by atoms with Crippen molar-refractivity contribution in [2.75, 3.05) is 19.6 Å². The lowest BCUT2D eigenvalue weighted by Crippen LogP contribution is -2.21. The van der Waals surface area contributed by atoms with Crippen LogP contribution >= 0.6 is 0 Å². The van der Waals surface area contributed by atoms with Crippen LogP contribution in [0.15, 0.2) is 10.8 Å². The summed E-state index contributed by atoms with van der Waals surface area (Å²) in [4.78, 5) is 2.57. The topological polar surface area (TPSA) is 3.24 Å². The van der Waals surface area contributed by atoms with Gasteiger partial charge in [-0.15, -0.1) is 0 Å². The Bertz CT molecular complexity index is 153. The molecule has 1 aliphatic heterocycles. The second kappa shape index (κ2) is 4.07. The van der Waals surface area contributed by atoms with Gasteiger partial charge in [0.25, 0.3) is 0 Å². The molecule has 0 radical (unpaired) electrons. The van der Waals surface area contributed by atoms with Crippen LogP contribution in [-0.4, -0.2) is 34.8 Å². The van der Waals surface area contributed by atoms with Crippen LogP contribution in [0.4, 0.5) is 0 Å². The third-order valence-corrected chi connectivity index (χ3v) is 3.37. The minimum atomic E-state index is 1.23. The van der Waals surface area contributed by atoms with Crippen molar-refractivity contribution in [2.45, 2.75) is 26.7 Å². The Morgan fingerprint density at radius 1 is 1.27 bits per heavy atom. The highest BCUT2D eigenvalue weighted by Crippen LogP contribution is 2.10. The first-order chi connectivity index (χ1) is 5.20. The van der Waals surface area contributed by atoms with Crippen molar-refractivity contribution in [3.63, 3.8) is 0 Å². The summed E-state index contributed by atoms with van der Waals surface area (Å²) in [6.45, 7) is 8.42. The molecular formula is C9H19NSi. The molecule has 1 heterocycles. The number of likely N-dealkylation sites (tertiary alicyclic amines) is 1. The molecule has 0 bridgehead atoms. The second-order valence-corrected chi connectivity index (χ2v) is 5.26. The van der Waals surface area contributed by atoms with Crippen LogP contribution in [0.1, 0.15) is 26.7 Å². The Kier molecular flexibility index (Phi) is 3.33. The van der Waals surface area contributed by atoms with Gasteiger partial charge in [0.2, 0.25) is 0 Å². The van der Waals surface area contributed by atoms with Crippen LogP contribution in [-0.2, 0) is 0 Å². The summed E-state index contributed by atoms with van der Waals surface area (Å²) in [6, 6.07) is 0. The van der Waals surface area contributed by atoms with Crippen molar-refractivity contribution in [1.29, 1.82) is 0 Å². The van der Waals surface area contributed by atoms with Gasteiger partial charge in [-0.1, -0.05) is 10.8 Å². The number of allylic oxidation sites excluding steroid dienone is 1. The predicted octanol–water partition coefficient (Wildman–Crippen LogP) is 0.742. The SMILES string of the molecule is CC([SiH3])=C(C)CN1CCCC1. The lowest BCUT2D eigenvalue weighted by molar-refractivity contribution is 0.368. The Balaban J connectivity index is 2.35. The van der Waals surface area contributed by atoms with Gasteiger partial charge in [-0.3, -0.25) is 4.90 Å². The third-order valence-electron chi connectivity index (χ3n) is 2.51. The van der Waals surface area contributed by atoms with Gasteiger partial charge in [0, 0.05) is 16.8 Å². The lowest BCUT2D eigenvalue weighted by atomic mass is 10.3. The average Bonchev–Trinajstić information content (AvgIpc) is 2.39. The standard InChI is InChI=1S/C9H19NSi/c1-8(9(2)11)7-10-5-3-4-6-10/h3-7H2,1-2,11H3. The summed E-state index contributed by atoms with van der Waals surface area (Å²) in [5.74, 6) is 0. The highest BCUT2D eigenvalue weighted by Gasteiger charge is 2.11. The zero-order valence-corrected chi connectivity index (χ0v) is 9.98. The fraction of sp³-hybridized carbons (Fsp3) is 0.778. The molecule has 0 aliphatic carbocycles. The molecule has 64 valence electrons. The zero-order valence-electron chi connectivity index (χ0n) is 7.98. The van der Waals surface area contributed by atoms with Crippen LogP contribution in [0.3, 0.4) is 0 Å². The fourth-order valence-electron chi connectivity index (χ4n) is 1.43. The maximum atomic E-state index is 2.57. The van der Waals surface area contributed by atoms with Gasteiger partial charge in [0.05, 0.1) is 0 Å². The molecule has 0 atom stereocenters. The molecule has 0 aromatic heterocycles. The van der Waals surface area contributed by atoms with E-state index in [9.17, 15) is 0 Å². The van der Waals surface area contributed by atoms with Gasteiger partial charge in [-0.05, 0) is 39.8 Å². The van der Waals surface area contributed by atoms with E-state index in [4.69, 9.17) is 0 Å². The Hall–Kier alpha value is -0.0831. The van der Waals surface area contributed by atoms with Crippen LogP contribution in [0.25, 0.3) is 0 Å². The molecular weight excluding hydrogens is 150 g/mol. The minimum Gasteiger partial charge on any atom is -0.299 e. The molecule has 1 aliphatic rings. The maximum absolute atomic E-state index is 2.57. The minimum absolute atomic E-state index is 1.23. The summed E-state index contributed by atoms with van der Waals surface area (Å²) in [7, 11) is 1.24. The molecule has 0 amide bonds. The number of nitrogens with zero attached hydrogens (tertiary/aromatic N) is 1. The second-order valence-electron chi connectivity index (χ2n) is 3.76. The summed E-state index contributed by atoms with van der Waals surface area (Å²) in [5, 5.41) is 1.62. The van der Waals surface area contributed by atoms with Crippen LogP contribution in [0.2, 0.25) is 0 Å². The van der Waals surface area contributed by atoms with Crippen LogP contribution in [0, 0.1) is 0 Å². The molecule has 11 heavy (non-hydrogen) atoms. The molecule has 1 nitrogen and oxygen atoms in total. The van der Waals surface area contributed by atoms with Crippen molar-refractivity contribution >= 4 is 10.2 Å². The molecule has 0 spiro atoms. The number of hydrogen-bond acceptors (Lipinski definition) is 1. The van der Waals surface area contributed by atoms with E-state index in [-0.39, 0.29) is 0 Å². The van der Waals surface area contributed by atoms with Gasteiger partial charge in [0.1, 0.15) is 0 Å². The van der Waals surface area contributed by atoms with E-state index in [1.54, 1.807) is 10.8 Å². The van der Waals surface area contributed by atoms with E-state index in [0.29, 0.717) is 0 Å². The van der Waals surface area contributed by atoms with E-state index in [0.717, 1.165) is 0 Å². The first-order valence-corrected chi connectivity index (χ1v) is 5.55. The third kappa shape index (κ3) is 2.79. The smallest absolute Gasteiger partial charge is 0.0329 e. The lowest BCUT2D eigenvalue weighted by Gasteiger charge is -2.15. The summed E-state index contributed by atoms with van der Waals surface area (Å²) < 4.78 is 0. The quantitative estimate of drug-likeness (QED) is 0.551. The molecule has 0 aromatic rings.